The predicted molar refractivity (Wildman–Crippen MR) is 103 cm³/mol. The van der Waals surface area contributed by atoms with Gasteiger partial charge in [-0.05, 0) is 44.4 Å². The van der Waals surface area contributed by atoms with E-state index in [0.717, 1.165) is 10.4 Å². The molecule has 0 bridgehead atoms. The van der Waals surface area contributed by atoms with Crippen LogP contribution in [0.3, 0.4) is 0 Å². The molecule has 1 aromatic carbocycles. The van der Waals surface area contributed by atoms with E-state index in [4.69, 9.17) is 4.74 Å². The summed E-state index contributed by atoms with van der Waals surface area (Å²) in [6.07, 6.45) is 0. The van der Waals surface area contributed by atoms with Gasteiger partial charge in [0.2, 0.25) is 10.0 Å². The maximum atomic E-state index is 12.3. The summed E-state index contributed by atoms with van der Waals surface area (Å²) in [7, 11) is -3.86. The molecule has 0 aliphatic rings. The number of benzene rings is 1. The van der Waals surface area contributed by atoms with E-state index in [-0.39, 0.29) is 10.9 Å². The Morgan fingerprint density at radius 1 is 1.15 bits per heavy atom. The van der Waals surface area contributed by atoms with Crippen molar-refractivity contribution in [3.63, 3.8) is 0 Å². The second-order valence-corrected chi connectivity index (χ2v) is 8.76. The highest BCUT2D eigenvalue weighted by molar-refractivity contribution is 7.89. The first-order chi connectivity index (χ1) is 12.7. The van der Waals surface area contributed by atoms with Gasteiger partial charge >= 0.3 is 5.97 Å². The molecule has 0 saturated heterocycles. The fourth-order valence-electron chi connectivity index (χ4n) is 2.22. The van der Waals surface area contributed by atoms with Crippen molar-refractivity contribution in [1.82, 2.24) is 10.0 Å². The summed E-state index contributed by atoms with van der Waals surface area (Å²) in [6.45, 7) is 4.55. The van der Waals surface area contributed by atoms with Crippen LogP contribution in [0.4, 0.5) is 0 Å². The second-order valence-electron chi connectivity index (χ2n) is 6.07. The van der Waals surface area contributed by atoms with E-state index in [9.17, 15) is 18.0 Å². The number of thiophene rings is 1. The zero-order valence-electron chi connectivity index (χ0n) is 15.3. The van der Waals surface area contributed by atoms with Gasteiger partial charge < -0.3 is 10.1 Å². The highest BCUT2D eigenvalue weighted by Crippen LogP contribution is 2.17. The molecule has 27 heavy (non-hydrogen) atoms. The first kappa shape index (κ1) is 21.1. The number of nitrogens with one attached hydrogen (secondary N) is 2. The largest absolute Gasteiger partial charge is 0.454 e. The lowest BCUT2D eigenvalue weighted by Crippen LogP contribution is -2.41. The van der Waals surface area contributed by atoms with E-state index in [1.54, 1.807) is 12.1 Å². The summed E-state index contributed by atoms with van der Waals surface area (Å²) in [4.78, 5) is 24.9. The van der Waals surface area contributed by atoms with Crippen molar-refractivity contribution < 1.29 is 22.7 Å². The zero-order valence-corrected chi connectivity index (χ0v) is 16.9. The molecule has 1 heterocycles. The third kappa shape index (κ3) is 6.16. The number of rotatable bonds is 8. The Kier molecular flexibility index (Phi) is 7.11. The van der Waals surface area contributed by atoms with Crippen LogP contribution in [-0.4, -0.2) is 32.9 Å². The highest BCUT2D eigenvalue weighted by Gasteiger charge is 2.24. The number of aryl methyl sites for hydroxylation is 1. The molecule has 2 rings (SSSR count). The molecule has 1 aromatic heterocycles. The van der Waals surface area contributed by atoms with E-state index in [0.29, 0.717) is 0 Å². The second kappa shape index (κ2) is 9.12. The van der Waals surface area contributed by atoms with Crippen LogP contribution in [0, 0.1) is 6.92 Å². The molecule has 146 valence electrons. The van der Waals surface area contributed by atoms with Crippen molar-refractivity contribution in [1.29, 1.82) is 0 Å². The van der Waals surface area contributed by atoms with Gasteiger partial charge in [0.05, 0.1) is 10.9 Å². The lowest BCUT2D eigenvalue weighted by Gasteiger charge is -2.15. The van der Waals surface area contributed by atoms with E-state index < -0.39 is 34.5 Å². The summed E-state index contributed by atoms with van der Waals surface area (Å²) < 4.78 is 31.7. The normalized spacial score (nSPS) is 13.6. The van der Waals surface area contributed by atoms with Crippen molar-refractivity contribution in [3.8, 4) is 0 Å². The lowest BCUT2D eigenvalue weighted by atomic mass is 10.2. The number of carbonyl (C=O) groups excluding carboxylic acids is 2. The van der Waals surface area contributed by atoms with Gasteiger partial charge in [0.25, 0.3) is 5.91 Å². The standard InChI is InChI=1S/C18H22N2O5S2/c1-12-6-8-15(9-7-12)27(23,24)20-14(3)18(22)25-11-17(21)19-13(2)16-5-4-10-26-16/h4-10,13-14,20H,11H2,1-3H3,(H,19,21)/t13?,14-/m0/s1. The first-order valence-electron chi connectivity index (χ1n) is 8.27. The van der Waals surface area contributed by atoms with Crippen molar-refractivity contribution in [2.45, 2.75) is 37.8 Å². The summed E-state index contributed by atoms with van der Waals surface area (Å²) >= 11 is 1.51. The number of sulfonamides is 1. The number of esters is 1. The first-order valence-corrected chi connectivity index (χ1v) is 10.6. The fourth-order valence-corrected chi connectivity index (χ4v) is 4.15. The molecule has 0 aliphatic heterocycles. The molecule has 2 aromatic rings. The van der Waals surface area contributed by atoms with E-state index in [2.05, 4.69) is 10.0 Å². The Morgan fingerprint density at radius 3 is 2.41 bits per heavy atom. The van der Waals surface area contributed by atoms with Crippen LogP contribution in [0.2, 0.25) is 0 Å². The van der Waals surface area contributed by atoms with Gasteiger partial charge in [-0.15, -0.1) is 11.3 Å². The molecule has 9 heteroatoms. The number of hydrogen-bond acceptors (Lipinski definition) is 6. The zero-order chi connectivity index (χ0) is 20.0. The summed E-state index contributed by atoms with van der Waals surface area (Å²) in [5.74, 6) is -1.29. The molecule has 2 atom stereocenters. The van der Waals surface area contributed by atoms with Gasteiger partial charge in [-0.1, -0.05) is 23.8 Å². The molecular formula is C18H22N2O5S2. The Morgan fingerprint density at radius 2 is 1.81 bits per heavy atom. The van der Waals surface area contributed by atoms with Crippen LogP contribution < -0.4 is 10.0 Å². The topological polar surface area (TPSA) is 102 Å². The predicted octanol–water partition coefficient (Wildman–Crippen LogP) is 2.14. The Balaban J connectivity index is 1.84. The molecule has 0 aliphatic carbocycles. The quantitative estimate of drug-likeness (QED) is 0.649. The van der Waals surface area contributed by atoms with Crippen LogP contribution in [0.5, 0.6) is 0 Å². The van der Waals surface area contributed by atoms with Crippen LogP contribution in [0.1, 0.15) is 30.3 Å². The molecule has 1 amide bonds. The summed E-state index contributed by atoms with van der Waals surface area (Å²) in [5, 5.41) is 4.61. The lowest BCUT2D eigenvalue weighted by molar-refractivity contribution is -0.149. The van der Waals surface area contributed by atoms with E-state index in [1.807, 2.05) is 31.4 Å². The third-order valence-corrected chi connectivity index (χ3v) is 6.32. The van der Waals surface area contributed by atoms with Crippen molar-refractivity contribution in [2.24, 2.45) is 0 Å². The minimum atomic E-state index is -3.86. The Labute approximate surface area is 162 Å². The minimum absolute atomic E-state index is 0.0512. The van der Waals surface area contributed by atoms with Gasteiger partial charge in [-0.3, -0.25) is 9.59 Å². The summed E-state index contributed by atoms with van der Waals surface area (Å²) in [6, 6.07) is 8.68. The van der Waals surface area contributed by atoms with Gasteiger partial charge in [-0.25, -0.2) is 8.42 Å². The van der Waals surface area contributed by atoms with Crippen LogP contribution in [0.15, 0.2) is 46.7 Å². The van der Waals surface area contributed by atoms with Gasteiger partial charge in [0, 0.05) is 4.88 Å². The molecular weight excluding hydrogens is 388 g/mol. The average molecular weight is 411 g/mol. The van der Waals surface area contributed by atoms with Crippen molar-refractivity contribution in [3.05, 3.63) is 52.2 Å². The monoisotopic (exact) mass is 410 g/mol. The van der Waals surface area contributed by atoms with Crippen molar-refractivity contribution >= 4 is 33.2 Å². The molecule has 2 N–H and O–H groups in total. The van der Waals surface area contributed by atoms with Crippen LogP contribution in [0.25, 0.3) is 0 Å². The molecule has 7 nitrogen and oxygen atoms in total. The SMILES string of the molecule is Cc1ccc(S(=O)(=O)N[C@@H](C)C(=O)OCC(=O)NC(C)c2cccs2)cc1. The van der Waals surface area contributed by atoms with E-state index >= 15 is 0 Å². The number of ether oxygens (including phenoxy) is 1. The van der Waals surface area contributed by atoms with Gasteiger partial charge in [0.15, 0.2) is 6.61 Å². The fraction of sp³-hybridized carbons (Fsp3) is 0.333. The Bertz CT molecular complexity index is 877. The van der Waals surface area contributed by atoms with Crippen LogP contribution >= 0.6 is 11.3 Å². The van der Waals surface area contributed by atoms with Crippen molar-refractivity contribution in [2.75, 3.05) is 6.61 Å². The number of carbonyl (C=O) groups is 2. The molecule has 0 fully saturated rings. The molecule has 1 unspecified atom stereocenters. The number of amides is 1. The molecule has 0 saturated carbocycles. The minimum Gasteiger partial charge on any atom is -0.454 e. The van der Waals surface area contributed by atoms with Crippen LogP contribution in [-0.2, 0) is 24.3 Å². The molecule has 0 spiro atoms. The highest BCUT2D eigenvalue weighted by atomic mass is 32.2. The molecule has 0 radical (unpaired) electrons. The summed E-state index contributed by atoms with van der Waals surface area (Å²) in [5.41, 5.74) is 0.921. The maximum Gasteiger partial charge on any atom is 0.324 e. The Hall–Kier alpha value is -2.23. The van der Waals surface area contributed by atoms with E-state index in [1.165, 1.54) is 30.4 Å². The maximum absolute atomic E-state index is 12.3. The smallest absolute Gasteiger partial charge is 0.324 e. The number of hydrogen-bond donors (Lipinski definition) is 2. The average Bonchev–Trinajstić information content (AvgIpc) is 3.14. The van der Waals surface area contributed by atoms with Gasteiger partial charge in [-0.2, -0.15) is 4.72 Å². The third-order valence-electron chi connectivity index (χ3n) is 3.71. The van der Waals surface area contributed by atoms with Gasteiger partial charge in [0.1, 0.15) is 6.04 Å².